The lowest BCUT2D eigenvalue weighted by Crippen LogP contribution is -2.18. The Morgan fingerprint density at radius 1 is 1.33 bits per heavy atom. The number of rotatable bonds is 0. The van der Waals surface area contributed by atoms with Gasteiger partial charge in [-0.2, -0.15) is 13.2 Å². The Morgan fingerprint density at radius 3 is 2.50 bits per heavy atom. The zero-order valence-electron chi connectivity index (χ0n) is 9.44. The monoisotopic (exact) mass is 320 g/mol. The molecule has 7 heteroatoms. The predicted octanol–water partition coefficient (Wildman–Crippen LogP) is 3.32. The molecule has 0 radical (unpaired) electrons. The minimum absolute atomic E-state index is 0.0481. The number of aromatic nitrogens is 2. The number of alkyl halides is 3. The van der Waals surface area contributed by atoms with E-state index in [0.717, 1.165) is 0 Å². The minimum atomic E-state index is -4.63. The molecule has 0 saturated heterocycles. The van der Waals surface area contributed by atoms with E-state index in [1.54, 1.807) is 19.9 Å². The Bertz CT molecular complexity index is 691. The summed E-state index contributed by atoms with van der Waals surface area (Å²) in [7, 11) is 0. The topological polar surface area (TPSA) is 45.8 Å². The van der Waals surface area contributed by atoms with Gasteiger partial charge < -0.3 is 4.98 Å². The van der Waals surface area contributed by atoms with E-state index >= 15 is 0 Å². The Labute approximate surface area is 108 Å². The van der Waals surface area contributed by atoms with Crippen LogP contribution in [0.3, 0.4) is 0 Å². The lowest BCUT2D eigenvalue weighted by molar-refractivity contribution is -0.141. The smallest absolute Gasteiger partial charge is 0.335 e. The normalized spacial score (nSPS) is 12.1. The molecular weight excluding hydrogens is 313 g/mol. The van der Waals surface area contributed by atoms with Crippen molar-refractivity contribution < 1.29 is 13.2 Å². The van der Waals surface area contributed by atoms with E-state index in [9.17, 15) is 18.0 Å². The van der Waals surface area contributed by atoms with Gasteiger partial charge in [-0.15, -0.1) is 0 Å². The van der Waals surface area contributed by atoms with Crippen LogP contribution in [0, 0.1) is 13.8 Å². The van der Waals surface area contributed by atoms with E-state index in [1.165, 1.54) is 0 Å². The third-order valence-corrected chi connectivity index (χ3v) is 3.27. The van der Waals surface area contributed by atoms with E-state index in [2.05, 4.69) is 25.9 Å². The molecule has 3 nitrogen and oxygen atoms in total. The number of H-pyrrole nitrogens is 1. The van der Waals surface area contributed by atoms with Crippen LogP contribution in [0.25, 0.3) is 11.0 Å². The molecule has 0 aromatic carbocycles. The van der Waals surface area contributed by atoms with E-state index in [0.29, 0.717) is 11.3 Å². The lowest BCUT2D eigenvalue weighted by Gasteiger charge is -2.11. The molecule has 18 heavy (non-hydrogen) atoms. The number of pyridine rings is 2. The molecule has 2 aromatic heterocycles. The first kappa shape index (κ1) is 13.1. The predicted molar refractivity (Wildman–Crippen MR) is 64.5 cm³/mol. The first-order valence-electron chi connectivity index (χ1n) is 4.98. The average molecular weight is 321 g/mol. The number of halogens is 4. The van der Waals surface area contributed by atoms with Gasteiger partial charge in [0.15, 0.2) is 0 Å². The van der Waals surface area contributed by atoms with Crippen molar-refractivity contribution in [3.63, 3.8) is 0 Å². The molecule has 0 aliphatic carbocycles. The largest absolute Gasteiger partial charge is 0.432 e. The maximum absolute atomic E-state index is 12.7. The highest BCUT2D eigenvalue weighted by atomic mass is 79.9. The zero-order chi connectivity index (χ0) is 13.7. The van der Waals surface area contributed by atoms with Crippen LogP contribution in [0.2, 0.25) is 0 Å². The standard InChI is InChI=1S/C11H8BrF3N2O/c1-4-3-5(2)16-10-6(4)8(18)7(12)9(17-10)11(13,14)15/h3H,1-2H3,(H,16,17,18). The Hall–Kier alpha value is -1.37. The van der Waals surface area contributed by atoms with Gasteiger partial charge in [0, 0.05) is 5.69 Å². The number of nitrogens with zero attached hydrogens (tertiary/aromatic N) is 1. The van der Waals surface area contributed by atoms with Gasteiger partial charge in [-0.3, -0.25) is 4.79 Å². The first-order chi connectivity index (χ1) is 8.21. The van der Waals surface area contributed by atoms with Crippen LogP contribution in [0.15, 0.2) is 15.3 Å². The van der Waals surface area contributed by atoms with Crippen LogP contribution in [-0.2, 0) is 6.18 Å². The van der Waals surface area contributed by atoms with Gasteiger partial charge in [0.1, 0.15) is 11.3 Å². The minimum Gasteiger partial charge on any atom is -0.335 e. The van der Waals surface area contributed by atoms with Crippen molar-refractivity contribution in [1.82, 2.24) is 9.97 Å². The van der Waals surface area contributed by atoms with Crippen molar-refractivity contribution in [3.8, 4) is 0 Å². The summed E-state index contributed by atoms with van der Waals surface area (Å²) in [5.74, 6) is 0. The van der Waals surface area contributed by atoms with E-state index < -0.39 is 21.8 Å². The number of fused-ring (bicyclic) bond motifs is 1. The summed E-state index contributed by atoms with van der Waals surface area (Å²) in [5, 5.41) is 0.167. The SMILES string of the molecule is Cc1cc(C)c2c(=O)c(Br)c(C(F)(F)F)[nH]c2n1. The van der Waals surface area contributed by atoms with Crippen LogP contribution in [0.5, 0.6) is 0 Å². The summed E-state index contributed by atoms with van der Waals surface area (Å²) in [6.07, 6.45) is -4.63. The fraction of sp³-hybridized carbons (Fsp3) is 0.273. The average Bonchev–Trinajstić information content (AvgIpc) is 2.20. The Morgan fingerprint density at radius 2 is 1.94 bits per heavy atom. The van der Waals surface area contributed by atoms with Gasteiger partial charge in [-0.05, 0) is 41.4 Å². The molecule has 2 heterocycles. The number of aromatic amines is 1. The highest BCUT2D eigenvalue weighted by Gasteiger charge is 2.36. The second-order valence-corrected chi connectivity index (χ2v) is 4.74. The van der Waals surface area contributed by atoms with Crippen molar-refractivity contribution in [2.45, 2.75) is 20.0 Å². The van der Waals surface area contributed by atoms with Gasteiger partial charge in [0.2, 0.25) is 5.43 Å². The molecule has 0 aliphatic heterocycles. The van der Waals surface area contributed by atoms with Crippen LogP contribution in [0.1, 0.15) is 17.0 Å². The molecule has 0 spiro atoms. The highest BCUT2D eigenvalue weighted by Crippen LogP contribution is 2.32. The number of nitrogens with one attached hydrogen (secondary N) is 1. The maximum Gasteiger partial charge on any atom is 0.432 e. The first-order valence-corrected chi connectivity index (χ1v) is 5.78. The Kier molecular flexibility index (Phi) is 2.96. The van der Waals surface area contributed by atoms with E-state index in [-0.39, 0.29) is 11.0 Å². The van der Waals surface area contributed by atoms with Gasteiger partial charge in [-0.25, -0.2) is 4.98 Å². The van der Waals surface area contributed by atoms with Gasteiger partial charge >= 0.3 is 6.18 Å². The van der Waals surface area contributed by atoms with Crippen LogP contribution >= 0.6 is 15.9 Å². The lowest BCUT2D eigenvalue weighted by atomic mass is 10.1. The van der Waals surface area contributed by atoms with E-state index in [4.69, 9.17) is 0 Å². The quantitative estimate of drug-likeness (QED) is 0.809. The molecule has 0 atom stereocenters. The number of aryl methyl sites for hydroxylation is 2. The van der Waals surface area contributed by atoms with Crippen molar-refractivity contribution in [3.05, 3.63) is 37.7 Å². The number of hydrogen-bond acceptors (Lipinski definition) is 2. The summed E-state index contributed by atoms with van der Waals surface area (Å²) in [4.78, 5) is 18.0. The Balaban J connectivity index is 2.98. The molecule has 0 bridgehead atoms. The summed E-state index contributed by atoms with van der Waals surface area (Å²) in [6, 6.07) is 1.65. The molecule has 2 rings (SSSR count). The summed E-state index contributed by atoms with van der Waals surface area (Å²) >= 11 is 2.70. The summed E-state index contributed by atoms with van der Waals surface area (Å²) in [5.41, 5.74) is -0.731. The maximum atomic E-state index is 12.7. The second-order valence-electron chi connectivity index (χ2n) is 3.95. The van der Waals surface area contributed by atoms with Crippen molar-refractivity contribution in [2.24, 2.45) is 0 Å². The third kappa shape index (κ3) is 2.03. The summed E-state index contributed by atoms with van der Waals surface area (Å²) in [6.45, 7) is 3.31. The molecule has 0 fully saturated rings. The molecule has 0 unspecified atom stereocenters. The van der Waals surface area contributed by atoms with Crippen LogP contribution in [0.4, 0.5) is 13.2 Å². The molecule has 0 aliphatic rings. The van der Waals surface area contributed by atoms with Crippen molar-refractivity contribution >= 4 is 27.0 Å². The van der Waals surface area contributed by atoms with E-state index in [1.807, 2.05) is 0 Å². The zero-order valence-corrected chi connectivity index (χ0v) is 11.0. The van der Waals surface area contributed by atoms with Crippen molar-refractivity contribution in [1.29, 1.82) is 0 Å². The second kappa shape index (κ2) is 4.08. The van der Waals surface area contributed by atoms with Gasteiger partial charge in [0.25, 0.3) is 0 Å². The molecule has 0 amide bonds. The molecule has 2 aromatic rings. The van der Waals surface area contributed by atoms with Crippen LogP contribution < -0.4 is 5.43 Å². The fourth-order valence-corrected chi connectivity index (χ4v) is 2.33. The van der Waals surface area contributed by atoms with Crippen molar-refractivity contribution in [2.75, 3.05) is 0 Å². The van der Waals surface area contributed by atoms with Crippen LogP contribution in [-0.4, -0.2) is 9.97 Å². The molecule has 0 saturated carbocycles. The number of hydrogen-bond donors (Lipinski definition) is 1. The third-order valence-electron chi connectivity index (χ3n) is 2.52. The molecule has 96 valence electrons. The molecule has 1 N–H and O–H groups in total. The fourth-order valence-electron chi connectivity index (χ4n) is 1.81. The van der Waals surface area contributed by atoms with Gasteiger partial charge in [0.05, 0.1) is 9.86 Å². The van der Waals surface area contributed by atoms with Gasteiger partial charge in [-0.1, -0.05) is 0 Å². The highest BCUT2D eigenvalue weighted by molar-refractivity contribution is 9.10. The summed E-state index contributed by atoms with van der Waals surface area (Å²) < 4.78 is 37.7. The molecular formula is C11H8BrF3N2O.